The van der Waals surface area contributed by atoms with Crippen molar-refractivity contribution >= 4 is 55.2 Å². The van der Waals surface area contributed by atoms with Gasteiger partial charge in [0.05, 0.1) is 11.9 Å². The Morgan fingerprint density at radius 3 is 2.24 bits per heavy atom. The molecule has 92 valence electrons. The van der Waals surface area contributed by atoms with E-state index in [2.05, 4.69) is 36.6 Å². The third-order valence-electron chi connectivity index (χ3n) is 2.08. The van der Waals surface area contributed by atoms with E-state index in [1.165, 1.54) is 7.11 Å². The van der Waals surface area contributed by atoms with Crippen molar-refractivity contribution in [3.05, 3.63) is 34.9 Å². The lowest BCUT2D eigenvalue weighted by Crippen LogP contribution is -2.28. The normalized spacial score (nSPS) is 13.9. The van der Waals surface area contributed by atoms with Crippen LogP contribution in [-0.4, -0.2) is 23.7 Å². The highest BCUT2D eigenvalue weighted by molar-refractivity contribution is 9.12. The molecule has 1 aromatic carbocycles. The lowest BCUT2D eigenvalue weighted by atomic mass is 10.1. The molecule has 0 heterocycles. The maximum Gasteiger partial charge on any atom is 0.375 e. The lowest BCUT2D eigenvalue weighted by molar-refractivity contribution is -0.151. The number of halogens is 3. The summed E-state index contributed by atoms with van der Waals surface area (Å²) in [5.41, 5.74) is 0.841. The molecule has 0 amide bonds. The van der Waals surface area contributed by atoms with Gasteiger partial charge in [0.1, 0.15) is 4.83 Å². The van der Waals surface area contributed by atoms with Crippen molar-refractivity contribution in [2.24, 2.45) is 0 Å². The molecular weight excluding hydrogens is 375 g/mol. The first kappa shape index (κ1) is 14.7. The van der Waals surface area contributed by atoms with E-state index in [0.717, 1.165) is 5.56 Å². The molecule has 0 radical (unpaired) electrons. The zero-order valence-corrected chi connectivity index (χ0v) is 12.8. The molecule has 0 unspecified atom stereocenters. The van der Waals surface area contributed by atoms with Crippen LogP contribution in [0.5, 0.6) is 0 Å². The van der Waals surface area contributed by atoms with Gasteiger partial charge in [-0.15, -0.1) is 0 Å². The predicted molar refractivity (Wildman–Crippen MR) is 72.9 cm³/mol. The fourth-order valence-corrected chi connectivity index (χ4v) is 2.33. The summed E-state index contributed by atoms with van der Waals surface area (Å²) in [4.78, 5) is 21.7. The van der Waals surface area contributed by atoms with E-state index < -0.39 is 16.6 Å². The van der Waals surface area contributed by atoms with Gasteiger partial charge in [-0.25, -0.2) is 4.79 Å². The van der Waals surface area contributed by atoms with Crippen LogP contribution in [0.1, 0.15) is 10.4 Å². The number of carbonyl (C=O) groups is 2. The molecule has 0 saturated heterocycles. The number of hydrogen-bond donors (Lipinski definition) is 0. The predicted octanol–water partition coefficient (Wildman–Crippen LogP) is 3.28. The van der Waals surface area contributed by atoms with Crippen molar-refractivity contribution in [1.29, 1.82) is 0 Å². The van der Waals surface area contributed by atoms with Crippen molar-refractivity contribution in [3.63, 3.8) is 0 Å². The van der Waals surface area contributed by atoms with Gasteiger partial charge in [0.15, 0.2) is 0 Å². The molecule has 3 nitrogen and oxygen atoms in total. The van der Waals surface area contributed by atoms with E-state index in [4.69, 9.17) is 11.6 Å². The Morgan fingerprint density at radius 1 is 1.24 bits per heavy atom. The summed E-state index contributed by atoms with van der Waals surface area (Å²) in [5, 5.41) is 0.610. The number of benzene rings is 1. The first-order valence-corrected chi connectivity index (χ1v) is 6.84. The molecule has 1 rings (SSSR count). The van der Waals surface area contributed by atoms with Crippen molar-refractivity contribution in [3.8, 4) is 0 Å². The third-order valence-corrected chi connectivity index (χ3v) is 5.05. The topological polar surface area (TPSA) is 43.4 Å². The van der Waals surface area contributed by atoms with E-state index >= 15 is 0 Å². The molecule has 0 N–H and O–H groups in total. The van der Waals surface area contributed by atoms with Crippen LogP contribution in [-0.2, 0) is 14.3 Å². The monoisotopic (exact) mass is 382 g/mol. The highest BCUT2D eigenvalue weighted by atomic mass is 79.9. The highest BCUT2D eigenvalue weighted by Gasteiger charge is 2.30. The zero-order valence-electron chi connectivity index (χ0n) is 8.82. The number of ether oxygens (including phenoxy) is 1. The summed E-state index contributed by atoms with van der Waals surface area (Å²) in [7, 11) is 1.17. The van der Waals surface area contributed by atoms with Crippen LogP contribution in [0.15, 0.2) is 24.3 Å². The molecule has 0 aliphatic carbocycles. The number of carbonyl (C=O) groups excluding carboxylic acids is 2. The Balaban J connectivity index is 2.82. The SMILES string of the molecule is COC(=O)C(=O)[C@@H](Br)[C@@H](Br)c1ccc(Cl)cc1. The van der Waals surface area contributed by atoms with Crippen LogP contribution < -0.4 is 0 Å². The van der Waals surface area contributed by atoms with Crippen molar-refractivity contribution in [2.45, 2.75) is 9.65 Å². The van der Waals surface area contributed by atoms with Crippen LogP contribution in [0.3, 0.4) is 0 Å². The number of hydrogen-bond acceptors (Lipinski definition) is 3. The van der Waals surface area contributed by atoms with Gasteiger partial charge in [-0.05, 0) is 17.7 Å². The molecule has 0 aliphatic heterocycles. The minimum absolute atomic E-state index is 0.327. The van der Waals surface area contributed by atoms with E-state index in [9.17, 15) is 9.59 Å². The van der Waals surface area contributed by atoms with E-state index in [-0.39, 0.29) is 4.83 Å². The third kappa shape index (κ3) is 3.79. The van der Waals surface area contributed by atoms with Crippen LogP contribution in [0, 0.1) is 0 Å². The molecule has 2 atom stereocenters. The maximum absolute atomic E-state index is 11.6. The summed E-state index contributed by atoms with van der Waals surface area (Å²) in [6.45, 7) is 0. The summed E-state index contributed by atoms with van der Waals surface area (Å²) < 4.78 is 4.38. The Kier molecular flexibility index (Phi) is 5.62. The molecular formula is C11H9Br2ClO3. The quantitative estimate of drug-likeness (QED) is 0.455. The van der Waals surface area contributed by atoms with Gasteiger partial charge in [0.2, 0.25) is 0 Å². The molecule has 0 saturated carbocycles. The number of alkyl halides is 2. The number of rotatable bonds is 4. The molecule has 0 fully saturated rings. The van der Waals surface area contributed by atoms with Gasteiger partial charge >= 0.3 is 5.97 Å². The van der Waals surface area contributed by atoms with Crippen LogP contribution in [0.2, 0.25) is 5.02 Å². The molecule has 0 bridgehead atoms. The van der Waals surface area contributed by atoms with Crippen LogP contribution in [0.25, 0.3) is 0 Å². The Hall–Kier alpha value is -0.390. The average molecular weight is 384 g/mol. The van der Waals surface area contributed by atoms with Crippen LogP contribution >= 0.6 is 43.5 Å². The average Bonchev–Trinajstić information content (AvgIpc) is 2.36. The fraction of sp³-hybridized carbons (Fsp3) is 0.273. The van der Waals surface area contributed by atoms with Crippen molar-refractivity contribution in [1.82, 2.24) is 0 Å². The summed E-state index contributed by atoms with van der Waals surface area (Å²) in [6, 6.07) is 6.99. The van der Waals surface area contributed by atoms with Gasteiger partial charge in [-0.2, -0.15) is 0 Å². The van der Waals surface area contributed by atoms with E-state index in [1.54, 1.807) is 24.3 Å². The zero-order chi connectivity index (χ0) is 13.0. The summed E-state index contributed by atoms with van der Waals surface area (Å²) in [5.74, 6) is -1.50. The fourth-order valence-electron chi connectivity index (χ4n) is 1.16. The van der Waals surface area contributed by atoms with Gasteiger partial charge in [0, 0.05) is 5.02 Å². The van der Waals surface area contributed by atoms with E-state index in [1.807, 2.05) is 0 Å². The van der Waals surface area contributed by atoms with Crippen molar-refractivity contribution < 1.29 is 14.3 Å². The maximum atomic E-state index is 11.6. The van der Waals surface area contributed by atoms with Gasteiger partial charge in [-0.1, -0.05) is 55.6 Å². The Bertz CT molecular complexity index is 419. The van der Waals surface area contributed by atoms with E-state index in [0.29, 0.717) is 5.02 Å². The second kappa shape index (κ2) is 6.52. The Morgan fingerprint density at radius 2 is 1.76 bits per heavy atom. The van der Waals surface area contributed by atoms with Crippen molar-refractivity contribution in [2.75, 3.05) is 7.11 Å². The number of methoxy groups -OCH3 is 1. The minimum atomic E-state index is -0.870. The second-order valence-corrected chi connectivity index (χ2v) is 5.62. The summed E-state index contributed by atoms with van der Waals surface area (Å²) >= 11 is 12.3. The highest BCUT2D eigenvalue weighted by Crippen LogP contribution is 2.32. The largest absolute Gasteiger partial charge is 0.463 e. The molecule has 6 heteroatoms. The number of ketones is 1. The molecule has 1 aromatic rings. The number of Topliss-reactive ketones (excluding diaryl/α,β-unsaturated/α-hetero) is 1. The molecule has 17 heavy (non-hydrogen) atoms. The standard InChI is InChI=1S/C11H9Br2ClO3/c1-17-11(16)10(15)9(13)8(12)6-2-4-7(14)5-3-6/h2-5,8-9H,1H3/t8-,9-/m0/s1. The first-order chi connectivity index (χ1) is 7.97. The lowest BCUT2D eigenvalue weighted by Gasteiger charge is -2.14. The first-order valence-electron chi connectivity index (χ1n) is 4.63. The van der Waals surface area contributed by atoms with Gasteiger partial charge < -0.3 is 4.74 Å². The Labute approximate surface area is 121 Å². The molecule has 0 aromatic heterocycles. The smallest absolute Gasteiger partial charge is 0.375 e. The van der Waals surface area contributed by atoms with Gasteiger partial charge in [0.25, 0.3) is 5.78 Å². The summed E-state index contributed by atoms with van der Waals surface area (Å²) in [6.07, 6.45) is 0. The van der Waals surface area contributed by atoms with Crippen LogP contribution in [0.4, 0.5) is 0 Å². The van der Waals surface area contributed by atoms with Gasteiger partial charge in [-0.3, -0.25) is 4.79 Å². The molecule has 0 spiro atoms. The minimum Gasteiger partial charge on any atom is -0.463 e. The second-order valence-electron chi connectivity index (χ2n) is 3.21. The molecule has 0 aliphatic rings. The number of esters is 1.